The monoisotopic (exact) mass is 282 g/mol. The lowest BCUT2D eigenvalue weighted by Crippen LogP contribution is -2.09. The largest absolute Gasteiger partial charge is 0.490 e. The number of esters is 2. The first-order chi connectivity index (χ1) is 9.56. The van der Waals surface area contributed by atoms with E-state index in [1.54, 1.807) is 0 Å². The molecule has 1 rings (SSSR count). The minimum Gasteiger partial charge on any atom is -0.490 e. The first kappa shape index (κ1) is 18.0. The zero-order valence-corrected chi connectivity index (χ0v) is 12.3. The van der Waals surface area contributed by atoms with Crippen molar-refractivity contribution in [3.05, 3.63) is 30.3 Å². The fraction of sp³-hybridized carbons (Fsp3) is 0.467. The fourth-order valence-corrected chi connectivity index (χ4v) is 1.11. The van der Waals surface area contributed by atoms with E-state index in [0.29, 0.717) is 19.8 Å². The Kier molecular flexibility index (Phi) is 10.8. The lowest BCUT2D eigenvalue weighted by molar-refractivity contribution is -0.142. The quantitative estimate of drug-likeness (QED) is 0.593. The van der Waals surface area contributed by atoms with Crippen molar-refractivity contribution in [3.8, 4) is 5.75 Å². The molecule has 0 bridgehead atoms. The summed E-state index contributed by atoms with van der Waals surface area (Å²) in [5, 5.41) is 0. The predicted molar refractivity (Wildman–Crippen MR) is 75.5 cm³/mol. The van der Waals surface area contributed by atoms with Gasteiger partial charge < -0.3 is 14.2 Å². The predicted octanol–water partition coefficient (Wildman–Crippen LogP) is 2.59. The molecule has 0 aliphatic heterocycles. The Morgan fingerprint density at radius 3 is 1.90 bits per heavy atom. The molecule has 0 amide bonds. The summed E-state index contributed by atoms with van der Waals surface area (Å²) in [6.45, 7) is 5.99. The molecule has 5 heteroatoms. The molecule has 0 saturated heterocycles. The number of carbonyl (C=O) groups excluding carboxylic acids is 2. The molecular formula is C15H22O5. The van der Waals surface area contributed by atoms with Crippen LogP contribution in [0.1, 0.15) is 27.2 Å². The third-order valence-electron chi connectivity index (χ3n) is 1.91. The van der Waals surface area contributed by atoms with Gasteiger partial charge in [-0.3, -0.25) is 9.59 Å². The molecule has 1 aromatic carbocycles. The maximum absolute atomic E-state index is 10.4. The Bertz CT molecular complexity index is 375. The van der Waals surface area contributed by atoms with Crippen LogP contribution in [0.3, 0.4) is 0 Å². The molecular weight excluding hydrogens is 260 g/mol. The van der Waals surface area contributed by atoms with Gasteiger partial charge in [0, 0.05) is 13.8 Å². The molecule has 0 atom stereocenters. The van der Waals surface area contributed by atoms with E-state index in [1.807, 2.05) is 37.3 Å². The second-order valence-corrected chi connectivity index (χ2v) is 3.84. The normalized spacial score (nSPS) is 8.95. The van der Waals surface area contributed by atoms with E-state index < -0.39 is 0 Å². The van der Waals surface area contributed by atoms with Crippen LogP contribution >= 0.6 is 0 Å². The maximum Gasteiger partial charge on any atom is 0.302 e. The molecule has 0 fully saturated rings. The van der Waals surface area contributed by atoms with Gasteiger partial charge in [0.15, 0.2) is 0 Å². The van der Waals surface area contributed by atoms with E-state index in [9.17, 15) is 9.59 Å². The number of carbonyl (C=O) groups is 2. The summed E-state index contributed by atoms with van der Waals surface area (Å²) in [5.41, 5.74) is 0. The summed E-state index contributed by atoms with van der Waals surface area (Å²) in [6.07, 6.45) is 0.902. The average molecular weight is 282 g/mol. The minimum absolute atomic E-state index is 0.193. The summed E-state index contributed by atoms with van der Waals surface area (Å²) < 4.78 is 14.5. The molecule has 0 saturated carbocycles. The zero-order chi connectivity index (χ0) is 15.2. The van der Waals surface area contributed by atoms with Crippen molar-refractivity contribution in [1.82, 2.24) is 0 Å². The van der Waals surface area contributed by atoms with Gasteiger partial charge in [-0.05, 0) is 18.6 Å². The van der Waals surface area contributed by atoms with Crippen molar-refractivity contribution < 1.29 is 23.8 Å². The summed E-state index contributed by atoms with van der Waals surface area (Å²) in [4.78, 5) is 20.4. The van der Waals surface area contributed by atoms with Crippen LogP contribution in [0.5, 0.6) is 5.75 Å². The molecule has 0 aliphatic carbocycles. The minimum atomic E-state index is -0.281. The number of hydrogen-bond acceptors (Lipinski definition) is 5. The highest BCUT2D eigenvalue weighted by Gasteiger charge is 1.93. The molecule has 1 aromatic rings. The summed E-state index contributed by atoms with van der Waals surface area (Å²) >= 11 is 0. The maximum atomic E-state index is 10.4. The second-order valence-electron chi connectivity index (χ2n) is 3.84. The molecule has 5 nitrogen and oxygen atoms in total. The smallest absolute Gasteiger partial charge is 0.302 e. The number of benzene rings is 1. The summed E-state index contributed by atoms with van der Waals surface area (Å²) in [6, 6.07) is 9.41. The molecule has 0 N–H and O–H groups in total. The number of ether oxygens (including phenoxy) is 3. The van der Waals surface area contributed by atoms with Gasteiger partial charge in [-0.15, -0.1) is 0 Å². The third-order valence-corrected chi connectivity index (χ3v) is 1.91. The van der Waals surface area contributed by atoms with Gasteiger partial charge in [0.25, 0.3) is 0 Å². The highest BCUT2D eigenvalue weighted by atomic mass is 16.6. The molecule has 0 aromatic heterocycles. The van der Waals surface area contributed by atoms with E-state index in [1.165, 1.54) is 13.8 Å². The highest BCUT2D eigenvalue weighted by molar-refractivity contribution is 5.66. The van der Waals surface area contributed by atoms with E-state index in [2.05, 4.69) is 4.74 Å². The van der Waals surface area contributed by atoms with Crippen LogP contribution in [-0.2, 0) is 19.1 Å². The van der Waals surface area contributed by atoms with Crippen LogP contribution in [0.2, 0.25) is 0 Å². The Morgan fingerprint density at radius 1 is 0.900 bits per heavy atom. The van der Waals surface area contributed by atoms with Crippen LogP contribution in [-0.4, -0.2) is 31.8 Å². The van der Waals surface area contributed by atoms with Crippen LogP contribution in [0.25, 0.3) is 0 Å². The number of para-hydroxylation sites is 1. The first-order valence-corrected chi connectivity index (χ1v) is 6.50. The third kappa shape index (κ3) is 12.4. The second kappa shape index (κ2) is 12.0. The Hall–Kier alpha value is -2.04. The van der Waals surface area contributed by atoms with Crippen molar-refractivity contribution in [2.45, 2.75) is 27.2 Å². The van der Waals surface area contributed by atoms with E-state index in [4.69, 9.17) is 9.47 Å². The molecule has 20 heavy (non-hydrogen) atoms. The van der Waals surface area contributed by atoms with Crippen molar-refractivity contribution in [2.75, 3.05) is 19.8 Å². The van der Waals surface area contributed by atoms with Crippen molar-refractivity contribution >= 4 is 11.9 Å². The summed E-state index contributed by atoms with van der Waals surface area (Å²) in [7, 11) is 0. The van der Waals surface area contributed by atoms with Gasteiger partial charge in [-0.1, -0.05) is 25.1 Å². The van der Waals surface area contributed by atoms with Crippen LogP contribution in [0.4, 0.5) is 0 Å². The van der Waals surface area contributed by atoms with Gasteiger partial charge in [0.05, 0.1) is 6.61 Å². The van der Waals surface area contributed by atoms with Gasteiger partial charge in [0.1, 0.15) is 19.0 Å². The Morgan fingerprint density at radius 2 is 1.45 bits per heavy atom. The van der Waals surface area contributed by atoms with Crippen molar-refractivity contribution in [3.63, 3.8) is 0 Å². The lowest BCUT2D eigenvalue weighted by atomic mass is 10.3. The van der Waals surface area contributed by atoms with Crippen molar-refractivity contribution in [2.24, 2.45) is 0 Å². The number of hydrogen-bond donors (Lipinski definition) is 0. The van der Waals surface area contributed by atoms with Gasteiger partial charge in [-0.25, -0.2) is 0 Å². The van der Waals surface area contributed by atoms with Gasteiger partial charge in [-0.2, -0.15) is 0 Å². The topological polar surface area (TPSA) is 61.8 Å². The molecule has 0 unspecified atom stereocenters. The van der Waals surface area contributed by atoms with Gasteiger partial charge >= 0.3 is 11.9 Å². The fourth-order valence-electron chi connectivity index (χ4n) is 1.11. The standard InChI is InChI=1S/C10H12O3.C5H10O2/c1-9(11)12-7-8-13-10-5-3-2-4-6-10;1-3-4-7-5(2)6/h2-6H,7-8H2,1H3;3-4H2,1-2H3. The van der Waals surface area contributed by atoms with Crippen LogP contribution < -0.4 is 4.74 Å². The Labute approximate surface area is 119 Å². The van der Waals surface area contributed by atoms with E-state index >= 15 is 0 Å². The average Bonchev–Trinajstić information content (AvgIpc) is 2.43. The van der Waals surface area contributed by atoms with Crippen LogP contribution in [0, 0.1) is 0 Å². The van der Waals surface area contributed by atoms with Crippen LogP contribution in [0.15, 0.2) is 30.3 Å². The van der Waals surface area contributed by atoms with Crippen molar-refractivity contribution in [1.29, 1.82) is 0 Å². The van der Waals surface area contributed by atoms with Gasteiger partial charge in [0.2, 0.25) is 0 Å². The SMILES string of the molecule is CC(=O)OCCOc1ccccc1.CCCOC(C)=O. The molecule has 0 radical (unpaired) electrons. The van der Waals surface area contributed by atoms with E-state index in [-0.39, 0.29) is 11.9 Å². The lowest BCUT2D eigenvalue weighted by Gasteiger charge is -2.05. The highest BCUT2D eigenvalue weighted by Crippen LogP contribution is 2.07. The first-order valence-electron chi connectivity index (χ1n) is 6.50. The molecule has 0 spiro atoms. The summed E-state index contributed by atoms with van der Waals surface area (Å²) in [5.74, 6) is 0.313. The number of rotatable bonds is 6. The molecule has 0 aliphatic rings. The Balaban J connectivity index is 0.000000441. The zero-order valence-electron chi connectivity index (χ0n) is 12.3. The molecule has 112 valence electrons. The molecule has 0 heterocycles. The van der Waals surface area contributed by atoms with E-state index in [0.717, 1.165) is 12.2 Å².